The normalized spacial score (nSPS) is 10.5. The van der Waals surface area contributed by atoms with Gasteiger partial charge in [-0.05, 0) is 17.7 Å². The molecule has 3 rings (SSSR count). The van der Waals surface area contributed by atoms with E-state index in [0.29, 0.717) is 28.2 Å². The SMILES string of the molecule is Nc1nc(NCC(=O)NCc2ccc(Cl)cc2Cl)cc(-n2ccnc2)n1. The minimum Gasteiger partial charge on any atom is -0.368 e. The number of aromatic nitrogens is 4. The zero-order chi connectivity index (χ0) is 18.5. The molecule has 4 N–H and O–H groups in total. The van der Waals surface area contributed by atoms with Gasteiger partial charge in [0.25, 0.3) is 0 Å². The van der Waals surface area contributed by atoms with E-state index >= 15 is 0 Å². The number of carbonyl (C=O) groups excluding carboxylic acids is 1. The summed E-state index contributed by atoms with van der Waals surface area (Å²) in [5.41, 5.74) is 6.49. The van der Waals surface area contributed by atoms with Gasteiger partial charge in [0.15, 0.2) is 0 Å². The summed E-state index contributed by atoms with van der Waals surface area (Å²) in [4.78, 5) is 24.2. The molecule has 1 amide bonds. The number of benzene rings is 1. The molecule has 0 aliphatic rings. The van der Waals surface area contributed by atoms with Gasteiger partial charge in [-0.25, -0.2) is 4.98 Å². The van der Waals surface area contributed by atoms with Crippen molar-refractivity contribution in [2.24, 2.45) is 0 Å². The van der Waals surface area contributed by atoms with Crippen LogP contribution in [-0.4, -0.2) is 32.0 Å². The first kappa shape index (κ1) is 18.0. The Balaban J connectivity index is 1.57. The van der Waals surface area contributed by atoms with E-state index in [0.717, 1.165) is 5.56 Å². The predicted octanol–water partition coefficient (Wildman–Crippen LogP) is 2.28. The van der Waals surface area contributed by atoms with Gasteiger partial charge >= 0.3 is 0 Å². The van der Waals surface area contributed by atoms with E-state index in [2.05, 4.69) is 25.6 Å². The highest BCUT2D eigenvalue weighted by Crippen LogP contribution is 2.20. The number of rotatable bonds is 6. The van der Waals surface area contributed by atoms with Crippen molar-refractivity contribution in [3.63, 3.8) is 0 Å². The predicted molar refractivity (Wildman–Crippen MR) is 100 cm³/mol. The van der Waals surface area contributed by atoms with Gasteiger partial charge in [0.2, 0.25) is 11.9 Å². The van der Waals surface area contributed by atoms with Gasteiger partial charge in [0, 0.05) is 35.1 Å². The molecule has 1 aromatic carbocycles. The van der Waals surface area contributed by atoms with Crippen molar-refractivity contribution >= 4 is 40.9 Å². The number of anilines is 2. The van der Waals surface area contributed by atoms with Crippen molar-refractivity contribution < 1.29 is 4.79 Å². The molecule has 134 valence electrons. The Kier molecular flexibility index (Phi) is 5.55. The summed E-state index contributed by atoms with van der Waals surface area (Å²) in [6.07, 6.45) is 4.95. The number of nitrogens with one attached hydrogen (secondary N) is 2. The third kappa shape index (κ3) is 4.62. The molecule has 0 unspecified atom stereocenters. The van der Waals surface area contributed by atoms with Crippen LogP contribution in [0.15, 0.2) is 43.0 Å². The first-order chi connectivity index (χ1) is 12.5. The van der Waals surface area contributed by atoms with Crippen LogP contribution in [-0.2, 0) is 11.3 Å². The van der Waals surface area contributed by atoms with Gasteiger partial charge in [-0.15, -0.1) is 0 Å². The van der Waals surface area contributed by atoms with Crippen LogP contribution < -0.4 is 16.4 Å². The van der Waals surface area contributed by atoms with Crippen LogP contribution >= 0.6 is 23.2 Å². The topological polar surface area (TPSA) is 111 Å². The first-order valence-electron chi connectivity index (χ1n) is 7.58. The third-order valence-electron chi connectivity index (χ3n) is 3.42. The molecule has 0 spiro atoms. The van der Waals surface area contributed by atoms with Crippen LogP contribution in [0.1, 0.15) is 5.56 Å². The number of carbonyl (C=O) groups is 1. The van der Waals surface area contributed by atoms with Gasteiger partial charge in [-0.3, -0.25) is 9.36 Å². The highest BCUT2D eigenvalue weighted by Gasteiger charge is 2.08. The lowest BCUT2D eigenvalue weighted by atomic mass is 10.2. The molecule has 0 radical (unpaired) electrons. The Hall–Kier alpha value is -2.84. The van der Waals surface area contributed by atoms with Crippen molar-refractivity contribution in [3.8, 4) is 5.82 Å². The number of hydrogen-bond donors (Lipinski definition) is 3. The molecule has 26 heavy (non-hydrogen) atoms. The molecule has 2 aromatic heterocycles. The summed E-state index contributed by atoms with van der Waals surface area (Å²) in [6, 6.07) is 6.78. The standard InChI is InChI=1S/C16H15Cl2N7O/c17-11-2-1-10(12(18)5-11)7-22-15(26)8-21-13-6-14(24-16(19)23-13)25-4-3-20-9-25/h1-6,9H,7-8H2,(H,22,26)(H3,19,21,23,24). The quantitative estimate of drug-likeness (QED) is 0.594. The molecule has 10 heteroatoms. The lowest BCUT2D eigenvalue weighted by molar-refractivity contribution is -0.119. The van der Waals surface area contributed by atoms with Gasteiger partial charge in [0.1, 0.15) is 18.0 Å². The van der Waals surface area contributed by atoms with Gasteiger partial charge < -0.3 is 16.4 Å². The number of hydrogen-bond acceptors (Lipinski definition) is 6. The summed E-state index contributed by atoms with van der Waals surface area (Å²) >= 11 is 11.9. The van der Waals surface area contributed by atoms with Gasteiger partial charge in [-0.2, -0.15) is 9.97 Å². The fourth-order valence-corrected chi connectivity index (χ4v) is 2.64. The Labute approximate surface area is 159 Å². The summed E-state index contributed by atoms with van der Waals surface area (Å²) in [5.74, 6) is 0.844. The zero-order valence-corrected chi connectivity index (χ0v) is 15.0. The van der Waals surface area contributed by atoms with Crippen LogP contribution in [0.4, 0.5) is 11.8 Å². The Bertz CT molecular complexity index is 915. The number of imidazole rings is 1. The molecule has 0 fully saturated rings. The summed E-state index contributed by atoms with van der Waals surface area (Å²) in [6.45, 7) is 0.313. The summed E-state index contributed by atoms with van der Waals surface area (Å²) in [5, 5.41) is 6.73. The maximum atomic E-state index is 12.0. The van der Waals surface area contributed by atoms with Gasteiger partial charge in [-0.1, -0.05) is 29.3 Å². The van der Waals surface area contributed by atoms with Crippen LogP contribution in [0.2, 0.25) is 10.0 Å². The molecule has 0 saturated heterocycles. The molecule has 0 bridgehead atoms. The van der Waals surface area contributed by atoms with E-state index in [4.69, 9.17) is 28.9 Å². The van der Waals surface area contributed by atoms with Crippen molar-refractivity contribution in [2.45, 2.75) is 6.54 Å². The van der Waals surface area contributed by atoms with E-state index in [-0.39, 0.29) is 18.4 Å². The molecule has 2 heterocycles. The maximum Gasteiger partial charge on any atom is 0.239 e. The van der Waals surface area contributed by atoms with Crippen molar-refractivity contribution in [1.29, 1.82) is 0 Å². The minimum absolute atomic E-state index is 0.0189. The number of halogens is 2. The molecule has 0 atom stereocenters. The lowest BCUT2D eigenvalue weighted by Gasteiger charge is -2.10. The second kappa shape index (κ2) is 8.03. The summed E-state index contributed by atoms with van der Waals surface area (Å²) in [7, 11) is 0. The van der Waals surface area contributed by atoms with Crippen molar-refractivity contribution in [1.82, 2.24) is 24.8 Å². The van der Waals surface area contributed by atoms with E-state index in [1.54, 1.807) is 47.6 Å². The third-order valence-corrected chi connectivity index (χ3v) is 4.01. The van der Waals surface area contributed by atoms with Gasteiger partial charge in [0.05, 0.1) is 6.54 Å². The van der Waals surface area contributed by atoms with E-state index in [1.165, 1.54) is 0 Å². The minimum atomic E-state index is -0.225. The smallest absolute Gasteiger partial charge is 0.239 e. The monoisotopic (exact) mass is 391 g/mol. The fraction of sp³-hybridized carbons (Fsp3) is 0.125. The first-order valence-corrected chi connectivity index (χ1v) is 8.34. The second-order valence-electron chi connectivity index (χ2n) is 5.31. The highest BCUT2D eigenvalue weighted by atomic mass is 35.5. The second-order valence-corrected chi connectivity index (χ2v) is 6.15. The average Bonchev–Trinajstić information content (AvgIpc) is 3.13. The molecule has 8 nitrogen and oxygen atoms in total. The van der Waals surface area contributed by atoms with Crippen LogP contribution in [0.25, 0.3) is 5.82 Å². The van der Waals surface area contributed by atoms with Crippen molar-refractivity contribution in [2.75, 3.05) is 17.6 Å². The average molecular weight is 392 g/mol. The molecule has 3 aromatic rings. The highest BCUT2D eigenvalue weighted by molar-refractivity contribution is 6.35. The largest absolute Gasteiger partial charge is 0.368 e. The molecular formula is C16H15Cl2N7O. The van der Waals surface area contributed by atoms with E-state index < -0.39 is 0 Å². The number of amides is 1. The molecule has 0 aliphatic carbocycles. The Morgan fingerprint density at radius 2 is 2.08 bits per heavy atom. The zero-order valence-electron chi connectivity index (χ0n) is 13.5. The van der Waals surface area contributed by atoms with Crippen LogP contribution in [0.3, 0.4) is 0 Å². The Morgan fingerprint density at radius 3 is 2.81 bits per heavy atom. The number of nitrogens with two attached hydrogens (primary N) is 1. The van der Waals surface area contributed by atoms with E-state index in [9.17, 15) is 4.79 Å². The van der Waals surface area contributed by atoms with Crippen LogP contribution in [0.5, 0.6) is 0 Å². The number of nitrogens with zero attached hydrogens (tertiary/aromatic N) is 4. The molecular weight excluding hydrogens is 377 g/mol. The fourth-order valence-electron chi connectivity index (χ4n) is 2.16. The Morgan fingerprint density at radius 1 is 1.23 bits per heavy atom. The van der Waals surface area contributed by atoms with Crippen molar-refractivity contribution in [3.05, 3.63) is 58.6 Å². The van der Waals surface area contributed by atoms with E-state index in [1.807, 2.05) is 0 Å². The van der Waals surface area contributed by atoms with Crippen LogP contribution in [0, 0.1) is 0 Å². The lowest BCUT2D eigenvalue weighted by Crippen LogP contribution is -2.29. The summed E-state index contributed by atoms with van der Waals surface area (Å²) < 4.78 is 1.69. The maximum absolute atomic E-state index is 12.0. The number of nitrogen functional groups attached to an aromatic ring is 1. The molecule has 0 aliphatic heterocycles. The molecule has 0 saturated carbocycles.